The SMILES string of the molecule is CCc1c(C(=O)N(C)Cc2ccc(N(C)C)cc2)cnn1-c1cccc(C)c1. The maximum Gasteiger partial charge on any atom is 0.257 e. The van der Waals surface area contributed by atoms with Crippen molar-refractivity contribution in [2.75, 3.05) is 26.0 Å². The molecule has 2 aromatic carbocycles. The summed E-state index contributed by atoms with van der Waals surface area (Å²) in [6.07, 6.45) is 2.43. The summed E-state index contributed by atoms with van der Waals surface area (Å²) in [5, 5.41) is 4.50. The van der Waals surface area contributed by atoms with Gasteiger partial charge >= 0.3 is 0 Å². The zero-order valence-corrected chi connectivity index (χ0v) is 17.3. The van der Waals surface area contributed by atoms with Crippen LogP contribution in [-0.2, 0) is 13.0 Å². The number of rotatable bonds is 6. The molecule has 5 heteroatoms. The number of benzene rings is 2. The molecule has 0 saturated carbocycles. The van der Waals surface area contributed by atoms with Crippen LogP contribution in [-0.4, -0.2) is 41.7 Å². The number of aromatic nitrogens is 2. The number of carbonyl (C=O) groups is 1. The van der Waals surface area contributed by atoms with Crippen molar-refractivity contribution in [2.24, 2.45) is 0 Å². The van der Waals surface area contributed by atoms with Gasteiger partial charge in [-0.25, -0.2) is 4.68 Å². The lowest BCUT2D eigenvalue weighted by atomic mass is 10.1. The van der Waals surface area contributed by atoms with E-state index in [9.17, 15) is 4.79 Å². The molecule has 5 nitrogen and oxygen atoms in total. The van der Waals surface area contributed by atoms with Gasteiger partial charge in [0.05, 0.1) is 23.1 Å². The molecule has 0 spiro atoms. The van der Waals surface area contributed by atoms with Gasteiger partial charge in [-0.2, -0.15) is 5.10 Å². The summed E-state index contributed by atoms with van der Waals surface area (Å²) in [5.74, 6) is -0.00700. The molecular weight excluding hydrogens is 348 g/mol. The monoisotopic (exact) mass is 376 g/mol. The molecule has 3 aromatic rings. The Hall–Kier alpha value is -3.08. The molecule has 28 heavy (non-hydrogen) atoms. The van der Waals surface area contributed by atoms with E-state index in [4.69, 9.17) is 0 Å². The van der Waals surface area contributed by atoms with Crippen molar-refractivity contribution in [1.29, 1.82) is 0 Å². The van der Waals surface area contributed by atoms with E-state index in [-0.39, 0.29) is 5.91 Å². The first-order chi connectivity index (χ1) is 13.4. The van der Waals surface area contributed by atoms with E-state index in [1.54, 1.807) is 11.1 Å². The van der Waals surface area contributed by atoms with Gasteiger partial charge in [0.2, 0.25) is 0 Å². The average molecular weight is 377 g/mol. The Morgan fingerprint density at radius 1 is 1.07 bits per heavy atom. The minimum absolute atomic E-state index is 0.00700. The van der Waals surface area contributed by atoms with Gasteiger partial charge in [-0.15, -0.1) is 0 Å². The number of aryl methyl sites for hydroxylation is 1. The lowest BCUT2D eigenvalue weighted by Crippen LogP contribution is -2.27. The van der Waals surface area contributed by atoms with Crippen molar-refractivity contribution < 1.29 is 4.79 Å². The van der Waals surface area contributed by atoms with Crippen LogP contribution in [0.5, 0.6) is 0 Å². The predicted octanol–water partition coefficient (Wildman–Crippen LogP) is 4.08. The van der Waals surface area contributed by atoms with E-state index < -0.39 is 0 Å². The second-order valence-corrected chi connectivity index (χ2v) is 7.33. The smallest absolute Gasteiger partial charge is 0.257 e. The van der Waals surface area contributed by atoms with Gasteiger partial charge in [-0.1, -0.05) is 31.2 Å². The molecule has 0 aliphatic rings. The lowest BCUT2D eigenvalue weighted by molar-refractivity contribution is 0.0784. The molecule has 1 amide bonds. The van der Waals surface area contributed by atoms with Gasteiger partial charge in [0.15, 0.2) is 0 Å². The highest BCUT2D eigenvalue weighted by molar-refractivity contribution is 5.95. The highest BCUT2D eigenvalue weighted by Gasteiger charge is 2.20. The summed E-state index contributed by atoms with van der Waals surface area (Å²) in [6, 6.07) is 16.4. The summed E-state index contributed by atoms with van der Waals surface area (Å²) in [7, 11) is 5.87. The van der Waals surface area contributed by atoms with Crippen LogP contribution in [0.3, 0.4) is 0 Å². The molecule has 0 aliphatic heterocycles. The first-order valence-electron chi connectivity index (χ1n) is 9.56. The van der Waals surface area contributed by atoms with E-state index in [0.717, 1.165) is 29.1 Å². The fourth-order valence-corrected chi connectivity index (χ4v) is 3.33. The van der Waals surface area contributed by atoms with Crippen LogP contribution in [0, 0.1) is 6.92 Å². The highest BCUT2D eigenvalue weighted by Crippen LogP contribution is 2.19. The maximum atomic E-state index is 13.1. The summed E-state index contributed by atoms with van der Waals surface area (Å²) >= 11 is 0. The number of nitrogens with zero attached hydrogens (tertiary/aromatic N) is 4. The van der Waals surface area contributed by atoms with Gasteiger partial charge in [0, 0.05) is 33.4 Å². The fraction of sp³-hybridized carbons (Fsp3) is 0.304. The lowest BCUT2D eigenvalue weighted by Gasteiger charge is -2.19. The summed E-state index contributed by atoms with van der Waals surface area (Å²) in [5.41, 5.74) is 6.00. The Labute approximate surface area is 167 Å². The predicted molar refractivity (Wildman–Crippen MR) is 114 cm³/mol. The molecule has 0 radical (unpaired) electrons. The Kier molecular flexibility index (Phi) is 5.83. The summed E-state index contributed by atoms with van der Waals surface area (Å²) < 4.78 is 1.87. The van der Waals surface area contributed by atoms with Crippen molar-refractivity contribution >= 4 is 11.6 Å². The summed E-state index contributed by atoms with van der Waals surface area (Å²) in [6.45, 7) is 4.67. The molecule has 3 rings (SSSR count). The molecule has 0 aliphatic carbocycles. The van der Waals surface area contributed by atoms with Crippen LogP contribution in [0.25, 0.3) is 5.69 Å². The van der Waals surface area contributed by atoms with E-state index in [2.05, 4.69) is 60.2 Å². The van der Waals surface area contributed by atoms with E-state index in [0.29, 0.717) is 12.1 Å². The highest BCUT2D eigenvalue weighted by atomic mass is 16.2. The van der Waals surface area contributed by atoms with E-state index in [1.165, 1.54) is 5.56 Å². The molecule has 1 aromatic heterocycles. The van der Waals surface area contributed by atoms with Crippen molar-refractivity contribution in [3.05, 3.63) is 77.1 Å². The van der Waals surface area contributed by atoms with Crippen LogP contribution in [0.1, 0.15) is 34.1 Å². The Bertz CT molecular complexity index is 957. The Balaban J connectivity index is 1.81. The molecule has 0 atom stereocenters. The topological polar surface area (TPSA) is 41.4 Å². The number of hydrogen-bond acceptors (Lipinski definition) is 3. The molecule has 0 N–H and O–H groups in total. The normalized spacial score (nSPS) is 10.8. The molecule has 1 heterocycles. The number of carbonyl (C=O) groups excluding carboxylic acids is 1. The standard InChI is InChI=1S/C23H28N4O/c1-6-22-21(15-24-27(22)20-9-7-8-17(2)14-20)23(28)26(5)16-18-10-12-19(13-11-18)25(3)4/h7-15H,6,16H2,1-5H3. The van der Waals surface area contributed by atoms with Crippen LogP contribution in [0.2, 0.25) is 0 Å². The van der Waals surface area contributed by atoms with Crippen molar-refractivity contribution in [2.45, 2.75) is 26.8 Å². The fourth-order valence-electron chi connectivity index (χ4n) is 3.33. The van der Waals surface area contributed by atoms with Gasteiger partial charge < -0.3 is 9.80 Å². The molecule has 0 saturated heterocycles. The van der Waals surface area contributed by atoms with Crippen molar-refractivity contribution in [1.82, 2.24) is 14.7 Å². The number of anilines is 1. The second-order valence-electron chi connectivity index (χ2n) is 7.33. The minimum atomic E-state index is -0.00700. The second kappa shape index (κ2) is 8.30. The van der Waals surface area contributed by atoms with Crippen LogP contribution in [0.4, 0.5) is 5.69 Å². The third-order valence-electron chi connectivity index (χ3n) is 4.90. The molecule has 0 bridgehead atoms. The van der Waals surface area contributed by atoms with Crippen molar-refractivity contribution in [3.8, 4) is 5.69 Å². The van der Waals surface area contributed by atoms with E-state index in [1.807, 2.05) is 38.0 Å². The zero-order chi connectivity index (χ0) is 20.3. The summed E-state index contributed by atoms with van der Waals surface area (Å²) in [4.78, 5) is 16.9. The van der Waals surface area contributed by atoms with Gasteiger partial charge in [-0.3, -0.25) is 4.79 Å². The number of hydrogen-bond donors (Lipinski definition) is 0. The Morgan fingerprint density at radius 2 is 1.79 bits per heavy atom. The average Bonchev–Trinajstić information content (AvgIpc) is 3.11. The first-order valence-corrected chi connectivity index (χ1v) is 9.56. The molecule has 0 unspecified atom stereocenters. The van der Waals surface area contributed by atoms with Gasteiger partial charge in [0.1, 0.15) is 0 Å². The molecule has 146 valence electrons. The van der Waals surface area contributed by atoms with Gasteiger partial charge in [0.25, 0.3) is 5.91 Å². The minimum Gasteiger partial charge on any atom is -0.378 e. The van der Waals surface area contributed by atoms with Crippen LogP contribution >= 0.6 is 0 Å². The van der Waals surface area contributed by atoms with Crippen LogP contribution in [0.15, 0.2) is 54.7 Å². The third-order valence-corrected chi connectivity index (χ3v) is 4.90. The number of amides is 1. The third kappa shape index (κ3) is 4.09. The quantitative estimate of drug-likeness (QED) is 0.651. The van der Waals surface area contributed by atoms with E-state index >= 15 is 0 Å². The Morgan fingerprint density at radius 3 is 2.39 bits per heavy atom. The molecular formula is C23H28N4O. The van der Waals surface area contributed by atoms with Crippen LogP contribution < -0.4 is 4.90 Å². The zero-order valence-electron chi connectivity index (χ0n) is 17.3. The largest absolute Gasteiger partial charge is 0.378 e. The van der Waals surface area contributed by atoms with Gasteiger partial charge in [-0.05, 0) is 48.7 Å². The first kappa shape index (κ1) is 19.7. The maximum absolute atomic E-state index is 13.1. The van der Waals surface area contributed by atoms with Crippen molar-refractivity contribution in [3.63, 3.8) is 0 Å². The molecule has 0 fully saturated rings.